The average molecular weight is 406 g/mol. The van der Waals surface area contributed by atoms with Crippen LogP contribution in [0.15, 0.2) is 84.0 Å². The number of ether oxygens (including phenoxy) is 1. The van der Waals surface area contributed by atoms with Gasteiger partial charge in [-0.3, -0.25) is 4.90 Å². The minimum atomic E-state index is -0.803. The van der Waals surface area contributed by atoms with Crippen molar-refractivity contribution in [1.29, 1.82) is 0 Å². The average Bonchev–Trinajstić information content (AvgIpc) is 2.74. The normalized spacial score (nSPS) is 21.0. The van der Waals surface area contributed by atoms with Crippen LogP contribution in [0.1, 0.15) is 21.9 Å². The molecule has 0 radical (unpaired) electrons. The number of rotatable bonds is 6. The monoisotopic (exact) mass is 405 g/mol. The topological polar surface area (TPSA) is 51.4 Å². The van der Waals surface area contributed by atoms with Crippen LogP contribution in [-0.2, 0) is 11.3 Å². The number of nitrogens with two attached hydrogens (primary N) is 1. The summed E-state index contributed by atoms with van der Waals surface area (Å²) >= 11 is 1.69. The second-order valence-corrected chi connectivity index (χ2v) is 8.63. The molecule has 1 aliphatic rings. The zero-order valence-corrected chi connectivity index (χ0v) is 17.5. The second-order valence-electron chi connectivity index (χ2n) is 7.53. The number of aryl methyl sites for hydroxylation is 1. The molecule has 0 aliphatic carbocycles. The van der Waals surface area contributed by atoms with Crippen molar-refractivity contribution in [2.45, 2.75) is 29.5 Å². The van der Waals surface area contributed by atoms with Crippen LogP contribution in [0.5, 0.6) is 0 Å². The first-order valence-electron chi connectivity index (χ1n) is 9.96. The highest BCUT2D eigenvalue weighted by Gasteiger charge is 2.42. The van der Waals surface area contributed by atoms with Gasteiger partial charge in [-0.25, -0.2) is 4.98 Å². The number of hydrogen-bond acceptors (Lipinski definition) is 5. The summed E-state index contributed by atoms with van der Waals surface area (Å²) in [4.78, 5) is 6.98. The molecule has 4 nitrogen and oxygen atoms in total. The van der Waals surface area contributed by atoms with Gasteiger partial charge in [0, 0.05) is 25.8 Å². The molecule has 5 heteroatoms. The third-order valence-electron chi connectivity index (χ3n) is 5.24. The predicted molar refractivity (Wildman–Crippen MR) is 119 cm³/mol. The van der Waals surface area contributed by atoms with Crippen LogP contribution in [0.2, 0.25) is 0 Å². The number of nitrogens with zero attached hydrogens (tertiary/aromatic N) is 2. The third kappa shape index (κ3) is 4.87. The fourth-order valence-corrected chi connectivity index (χ4v) is 4.99. The Morgan fingerprint density at radius 2 is 1.79 bits per heavy atom. The zero-order chi connectivity index (χ0) is 20.1. The molecule has 2 heterocycles. The molecule has 1 aromatic heterocycles. The van der Waals surface area contributed by atoms with E-state index in [1.54, 1.807) is 11.8 Å². The van der Waals surface area contributed by atoms with Gasteiger partial charge < -0.3 is 10.5 Å². The fraction of sp³-hybridized carbons (Fsp3) is 0.292. The lowest BCUT2D eigenvalue weighted by atomic mass is 10.00. The minimum Gasteiger partial charge on any atom is -0.357 e. The Morgan fingerprint density at radius 3 is 2.52 bits per heavy atom. The van der Waals surface area contributed by atoms with Crippen molar-refractivity contribution in [3.63, 3.8) is 0 Å². The van der Waals surface area contributed by atoms with Gasteiger partial charge >= 0.3 is 0 Å². The Kier molecular flexibility index (Phi) is 6.31. The lowest BCUT2D eigenvalue weighted by Gasteiger charge is -2.44. The molecule has 0 saturated carbocycles. The molecule has 0 spiro atoms. The molecule has 1 aliphatic heterocycles. The van der Waals surface area contributed by atoms with E-state index in [2.05, 4.69) is 71.4 Å². The summed E-state index contributed by atoms with van der Waals surface area (Å²) in [6.07, 6.45) is 1.84. The SMILES string of the molecule is Cc1cccnc1SC(c1ccccc1)C1(N)CN(Cc2ccccc2)CCO1. The summed E-state index contributed by atoms with van der Waals surface area (Å²) in [7, 11) is 0. The van der Waals surface area contributed by atoms with Crippen LogP contribution in [-0.4, -0.2) is 35.3 Å². The summed E-state index contributed by atoms with van der Waals surface area (Å²) in [5.41, 5.74) is 9.77. The third-order valence-corrected chi connectivity index (χ3v) is 6.79. The Morgan fingerprint density at radius 1 is 1.07 bits per heavy atom. The van der Waals surface area contributed by atoms with Gasteiger partial charge in [0.2, 0.25) is 0 Å². The summed E-state index contributed by atoms with van der Waals surface area (Å²) in [6, 6.07) is 25.0. The number of aromatic nitrogens is 1. The predicted octanol–water partition coefficient (Wildman–Crippen LogP) is 4.41. The van der Waals surface area contributed by atoms with Crippen LogP contribution in [0.4, 0.5) is 0 Å². The van der Waals surface area contributed by atoms with Crippen LogP contribution < -0.4 is 5.73 Å². The van der Waals surface area contributed by atoms with Crippen molar-refractivity contribution in [2.24, 2.45) is 5.73 Å². The summed E-state index contributed by atoms with van der Waals surface area (Å²) in [5.74, 6) is 0. The number of thioether (sulfide) groups is 1. The molecule has 2 aromatic carbocycles. The number of benzene rings is 2. The van der Waals surface area contributed by atoms with E-state index in [1.807, 2.05) is 24.4 Å². The number of pyridine rings is 1. The highest BCUT2D eigenvalue weighted by Crippen LogP contribution is 2.43. The van der Waals surface area contributed by atoms with E-state index < -0.39 is 5.72 Å². The van der Waals surface area contributed by atoms with Gasteiger partial charge in [0.1, 0.15) is 5.72 Å². The Balaban J connectivity index is 1.61. The van der Waals surface area contributed by atoms with Crippen molar-refractivity contribution in [3.8, 4) is 0 Å². The van der Waals surface area contributed by atoms with Crippen molar-refractivity contribution in [3.05, 3.63) is 95.7 Å². The van der Waals surface area contributed by atoms with E-state index in [1.165, 1.54) is 5.56 Å². The standard InChI is InChI=1S/C24H27N3OS/c1-19-9-8-14-26-23(19)29-22(21-12-6-3-7-13-21)24(25)18-27(15-16-28-24)17-20-10-4-2-5-11-20/h2-14,22H,15-18,25H2,1H3. The first-order valence-corrected chi connectivity index (χ1v) is 10.8. The summed E-state index contributed by atoms with van der Waals surface area (Å²) in [6.45, 7) is 5.12. The molecule has 2 atom stereocenters. The maximum absolute atomic E-state index is 6.96. The highest BCUT2D eigenvalue weighted by atomic mass is 32.2. The van der Waals surface area contributed by atoms with Crippen LogP contribution in [0.25, 0.3) is 0 Å². The van der Waals surface area contributed by atoms with Gasteiger partial charge in [-0.15, -0.1) is 0 Å². The van der Waals surface area contributed by atoms with Gasteiger partial charge in [-0.05, 0) is 29.7 Å². The first-order chi connectivity index (χ1) is 14.1. The molecule has 0 bridgehead atoms. The molecule has 2 N–H and O–H groups in total. The molecule has 150 valence electrons. The zero-order valence-electron chi connectivity index (χ0n) is 16.7. The van der Waals surface area contributed by atoms with E-state index in [0.29, 0.717) is 13.2 Å². The molecule has 29 heavy (non-hydrogen) atoms. The van der Waals surface area contributed by atoms with E-state index in [9.17, 15) is 0 Å². The summed E-state index contributed by atoms with van der Waals surface area (Å²) < 4.78 is 6.25. The minimum absolute atomic E-state index is 0.0594. The van der Waals surface area contributed by atoms with Crippen molar-refractivity contribution in [2.75, 3.05) is 19.7 Å². The molecule has 4 rings (SSSR count). The maximum Gasteiger partial charge on any atom is 0.146 e. The largest absolute Gasteiger partial charge is 0.357 e. The van der Waals surface area contributed by atoms with Crippen molar-refractivity contribution >= 4 is 11.8 Å². The van der Waals surface area contributed by atoms with E-state index in [4.69, 9.17) is 10.5 Å². The Bertz CT molecular complexity index is 922. The molecule has 2 unspecified atom stereocenters. The van der Waals surface area contributed by atoms with E-state index in [0.717, 1.165) is 29.2 Å². The number of hydrogen-bond donors (Lipinski definition) is 1. The smallest absolute Gasteiger partial charge is 0.146 e. The van der Waals surface area contributed by atoms with Crippen LogP contribution >= 0.6 is 11.8 Å². The molecule has 0 amide bonds. The van der Waals surface area contributed by atoms with Gasteiger partial charge in [0.05, 0.1) is 16.9 Å². The van der Waals surface area contributed by atoms with E-state index in [-0.39, 0.29) is 5.25 Å². The summed E-state index contributed by atoms with van der Waals surface area (Å²) in [5, 5.41) is 0.936. The van der Waals surface area contributed by atoms with Crippen molar-refractivity contribution in [1.82, 2.24) is 9.88 Å². The second kappa shape index (κ2) is 9.09. The first kappa shape index (κ1) is 20.1. The van der Waals surface area contributed by atoms with E-state index >= 15 is 0 Å². The molecule has 1 saturated heterocycles. The van der Waals surface area contributed by atoms with Gasteiger partial charge in [-0.1, -0.05) is 78.5 Å². The fourth-order valence-electron chi connectivity index (χ4n) is 3.76. The highest BCUT2D eigenvalue weighted by molar-refractivity contribution is 7.99. The van der Waals surface area contributed by atoms with Crippen molar-refractivity contribution < 1.29 is 4.74 Å². The Hall–Kier alpha value is -2.18. The Labute approximate surface area is 177 Å². The molecular weight excluding hydrogens is 378 g/mol. The van der Waals surface area contributed by atoms with Gasteiger partial charge in [0.25, 0.3) is 0 Å². The maximum atomic E-state index is 6.96. The van der Waals surface area contributed by atoms with Crippen LogP contribution in [0, 0.1) is 6.92 Å². The molecule has 1 fully saturated rings. The number of morpholine rings is 1. The molecular formula is C24H27N3OS. The van der Waals surface area contributed by atoms with Gasteiger partial charge in [-0.2, -0.15) is 0 Å². The van der Waals surface area contributed by atoms with Gasteiger partial charge in [0.15, 0.2) is 0 Å². The van der Waals surface area contributed by atoms with Crippen LogP contribution in [0.3, 0.4) is 0 Å². The lowest BCUT2D eigenvalue weighted by molar-refractivity contribution is -0.109. The quantitative estimate of drug-likeness (QED) is 0.616. The lowest BCUT2D eigenvalue weighted by Crippen LogP contribution is -2.60. The molecule has 3 aromatic rings.